The number of aromatic amines is 1. The number of hydrogen-bond donors (Lipinski definition) is 3. The highest BCUT2D eigenvalue weighted by Crippen LogP contribution is 2.04. The van der Waals surface area contributed by atoms with Crippen molar-refractivity contribution in [2.24, 2.45) is 0 Å². The summed E-state index contributed by atoms with van der Waals surface area (Å²) < 4.78 is 0. The number of rotatable bonds is 4. The van der Waals surface area contributed by atoms with Crippen LogP contribution in [0.5, 0.6) is 0 Å². The SMILES string of the molecule is C=CCCNC(=O)c1cn[nH]c1N. The maximum atomic E-state index is 11.3. The number of carbonyl (C=O) groups is 1. The average Bonchev–Trinajstić information content (AvgIpc) is 2.52. The minimum Gasteiger partial charge on any atom is -0.383 e. The molecular formula is C8H12N4O. The predicted octanol–water partition coefficient (Wildman–Crippen LogP) is 0.298. The number of anilines is 1. The van der Waals surface area contributed by atoms with Crippen LogP contribution in [0, 0.1) is 0 Å². The summed E-state index contributed by atoms with van der Waals surface area (Å²) in [5.41, 5.74) is 5.83. The molecule has 1 heterocycles. The molecule has 1 amide bonds. The van der Waals surface area contributed by atoms with Crippen molar-refractivity contribution in [2.45, 2.75) is 6.42 Å². The lowest BCUT2D eigenvalue weighted by molar-refractivity contribution is 0.0955. The minimum absolute atomic E-state index is 0.215. The Bertz CT molecular complexity index is 305. The molecule has 0 spiro atoms. The Balaban J connectivity index is 2.49. The molecule has 0 unspecified atom stereocenters. The van der Waals surface area contributed by atoms with Gasteiger partial charge in [-0.05, 0) is 6.42 Å². The third-order valence-corrected chi connectivity index (χ3v) is 1.55. The van der Waals surface area contributed by atoms with Crippen LogP contribution >= 0.6 is 0 Å². The second-order valence-corrected chi connectivity index (χ2v) is 2.53. The third-order valence-electron chi connectivity index (χ3n) is 1.55. The lowest BCUT2D eigenvalue weighted by atomic mass is 10.3. The molecule has 1 aromatic heterocycles. The monoisotopic (exact) mass is 180 g/mol. The van der Waals surface area contributed by atoms with Gasteiger partial charge in [-0.1, -0.05) is 6.08 Å². The number of nitrogens with one attached hydrogen (secondary N) is 2. The highest BCUT2D eigenvalue weighted by molar-refractivity contribution is 5.97. The summed E-state index contributed by atoms with van der Waals surface area (Å²) in [6.07, 6.45) is 3.88. The fraction of sp³-hybridized carbons (Fsp3) is 0.250. The molecule has 1 rings (SSSR count). The van der Waals surface area contributed by atoms with E-state index in [0.717, 1.165) is 6.42 Å². The van der Waals surface area contributed by atoms with Crippen molar-refractivity contribution in [1.29, 1.82) is 0 Å². The van der Waals surface area contributed by atoms with Crippen LogP contribution in [0.2, 0.25) is 0 Å². The standard InChI is InChI=1S/C8H12N4O/c1-2-3-4-10-8(13)6-5-11-12-7(6)9/h2,5H,1,3-4H2,(H,10,13)(H3,9,11,12). The molecule has 0 saturated heterocycles. The molecule has 5 heteroatoms. The van der Waals surface area contributed by atoms with Gasteiger partial charge in [0.25, 0.3) is 5.91 Å². The van der Waals surface area contributed by atoms with E-state index >= 15 is 0 Å². The van der Waals surface area contributed by atoms with Crippen LogP contribution in [0.3, 0.4) is 0 Å². The van der Waals surface area contributed by atoms with Crippen molar-refractivity contribution < 1.29 is 4.79 Å². The van der Waals surface area contributed by atoms with Crippen LogP contribution in [0.1, 0.15) is 16.8 Å². The summed E-state index contributed by atoms with van der Waals surface area (Å²) in [5, 5.41) is 8.80. The van der Waals surface area contributed by atoms with Gasteiger partial charge in [0.05, 0.1) is 6.20 Å². The molecule has 4 N–H and O–H groups in total. The van der Waals surface area contributed by atoms with Crippen LogP contribution in [0.25, 0.3) is 0 Å². The number of hydrogen-bond acceptors (Lipinski definition) is 3. The number of nitrogens with zero attached hydrogens (tertiary/aromatic N) is 1. The van der Waals surface area contributed by atoms with E-state index in [4.69, 9.17) is 5.73 Å². The maximum Gasteiger partial charge on any atom is 0.256 e. The number of amides is 1. The zero-order valence-corrected chi connectivity index (χ0v) is 7.21. The Morgan fingerprint density at radius 2 is 2.62 bits per heavy atom. The molecule has 0 saturated carbocycles. The first kappa shape index (κ1) is 9.31. The number of carbonyl (C=O) groups excluding carboxylic acids is 1. The zero-order chi connectivity index (χ0) is 9.68. The van der Waals surface area contributed by atoms with Crippen molar-refractivity contribution in [3.63, 3.8) is 0 Å². The van der Waals surface area contributed by atoms with Gasteiger partial charge in [-0.15, -0.1) is 6.58 Å². The molecule has 0 aliphatic rings. The number of nitrogen functional groups attached to an aromatic ring is 1. The van der Waals surface area contributed by atoms with Crippen LogP contribution < -0.4 is 11.1 Å². The first-order valence-corrected chi connectivity index (χ1v) is 3.93. The van der Waals surface area contributed by atoms with Crippen molar-refractivity contribution in [1.82, 2.24) is 15.5 Å². The highest BCUT2D eigenvalue weighted by Gasteiger charge is 2.09. The van der Waals surface area contributed by atoms with Gasteiger partial charge in [-0.3, -0.25) is 9.89 Å². The van der Waals surface area contributed by atoms with E-state index in [1.807, 2.05) is 0 Å². The van der Waals surface area contributed by atoms with Crippen molar-refractivity contribution >= 4 is 11.7 Å². The van der Waals surface area contributed by atoms with Crippen LogP contribution in [-0.4, -0.2) is 22.6 Å². The zero-order valence-electron chi connectivity index (χ0n) is 7.21. The largest absolute Gasteiger partial charge is 0.383 e. The fourth-order valence-corrected chi connectivity index (χ4v) is 0.860. The van der Waals surface area contributed by atoms with E-state index in [0.29, 0.717) is 12.1 Å². The fourth-order valence-electron chi connectivity index (χ4n) is 0.860. The second-order valence-electron chi connectivity index (χ2n) is 2.53. The van der Waals surface area contributed by atoms with Gasteiger partial charge in [-0.25, -0.2) is 0 Å². The normalized spacial score (nSPS) is 9.54. The molecule has 0 atom stereocenters. The van der Waals surface area contributed by atoms with Crippen molar-refractivity contribution in [2.75, 3.05) is 12.3 Å². The van der Waals surface area contributed by atoms with Crippen LogP contribution in [0.4, 0.5) is 5.82 Å². The van der Waals surface area contributed by atoms with E-state index in [-0.39, 0.29) is 11.7 Å². The van der Waals surface area contributed by atoms with Gasteiger partial charge in [0.15, 0.2) is 0 Å². The topological polar surface area (TPSA) is 83.8 Å². The molecule has 70 valence electrons. The van der Waals surface area contributed by atoms with Gasteiger partial charge in [-0.2, -0.15) is 5.10 Å². The number of aromatic nitrogens is 2. The van der Waals surface area contributed by atoms with Crippen molar-refractivity contribution in [3.8, 4) is 0 Å². The molecule has 0 radical (unpaired) electrons. The van der Waals surface area contributed by atoms with E-state index in [2.05, 4.69) is 22.1 Å². The maximum absolute atomic E-state index is 11.3. The lowest BCUT2D eigenvalue weighted by Gasteiger charge is -2.00. The molecule has 0 aliphatic carbocycles. The van der Waals surface area contributed by atoms with E-state index in [1.54, 1.807) is 6.08 Å². The third kappa shape index (κ3) is 2.33. The Labute approximate surface area is 76.0 Å². The van der Waals surface area contributed by atoms with Gasteiger partial charge >= 0.3 is 0 Å². The minimum atomic E-state index is -0.215. The summed E-state index contributed by atoms with van der Waals surface area (Å²) in [7, 11) is 0. The molecule has 13 heavy (non-hydrogen) atoms. The first-order chi connectivity index (χ1) is 6.25. The van der Waals surface area contributed by atoms with Gasteiger partial charge in [0, 0.05) is 6.54 Å². The predicted molar refractivity (Wildman–Crippen MR) is 50.1 cm³/mol. The summed E-state index contributed by atoms with van der Waals surface area (Å²) in [4.78, 5) is 11.3. The first-order valence-electron chi connectivity index (χ1n) is 3.93. The highest BCUT2D eigenvalue weighted by atomic mass is 16.1. The van der Waals surface area contributed by atoms with Gasteiger partial charge in [0.2, 0.25) is 0 Å². The Morgan fingerprint density at radius 1 is 1.85 bits per heavy atom. The summed E-state index contributed by atoms with van der Waals surface area (Å²) >= 11 is 0. The molecule has 0 fully saturated rings. The van der Waals surface area contributed by atoms with Crippen LogP contribution in [-0.2, 0) is 0 Å². The van der Waals surface area contributed by atoms with E-state index in [1.165, 1.54) is 6.20 Å². The molecule has 5 nitrogen and oxygen atoms in total. The number of nitrogens with two attached hydrogens (primary N) is 1. The summed E-state index contributed by atoms with van der Waals surface area (Å²) in [5.74, 6) is 0.0733. The van der Waals surface area contributed by atoms with Gasteiger partial charge in [0.1, 0.15) is 11.4 Å². The second kappa shape index (κ2) is 4.30. The Morgan fingerprint density at radius 3 is 3.15 bits per heavy atom. The summed E-state index contributed by atoms with van der Waals surface area (Å²) in [6, 6.07) is 0. The van der Waals surface area contributed by atoms with Crippen molar-refractivity contribution in [3.05, 3.63) is 24.4 Å². The summed E-state index contributed by atoms with van der Waals surface area (Å²) in [6.45, 7) is 4.11. The van der Waals surface area contributed by atoms with Gasteiger partial charge < -0.3 is 11.1 Å². The number of H-pyrrole nitrogens is 1. The Hall–Kier alpha value is -1.78. The lowest BCUT2D eigenvalue weighted by Crippen LogP contribution is -2.24. The van der Waals surface area contributed by atoms with E-state index in [9.17, 15) is 4.79 Å². The molecule has 1 aromatic rings. The molecule has 0 bridgehead atoms. The van der Waals surface area contributed by atoms with Crippen LogP contribution in [0.15, 0.2) is 18.9 Å². The smallest absolute Gasteiger partial charge is 0.256 e. The van der Waals surface area contributed by atoms with E-state index < -0.39 is 0 Å². The Kier molecular flexibility index (Phi) is 3.08. The molecular weight excluding hydrogens is 168 g/mol. The quantitative estimate of drug-likeness (QED) is 0.460. The molecule has 0 aromatic carbocycles. The average molecular weight is 180 g/mol. The molecule has 0 aliphatic heterocycles.